The standard InChI is InChI=1S/C20H20F2N4O2/c1-11-4-12(7-24-18(11)26-9-20(2,10-26)28-3)19(27)25-17-8-23-16-6-15(22)14(21)5-13(16)17/h4-8,23H,9-10H2,1-3H3,(H,25,27). The van der Waals surface area contributed by atoms with Gasteiger partial charge in [-0.05, 0) is 31.5 Å². The number of anilines is 2. The van der Waals surface area contributed by atoms with Gasteiger partial charge in [0.2, 0.25) is 0 Å². The van der Waals surface area contributed by atoms with E-state index in [9.17, 15) is 13.6 Å². The number of fused-ring (bicyclic) bond motifs is 1. The van der Waals surface area contributed by atoms with Gasteiger partial charge < -0.3 is 19.9 Å². The summed E-state index contributed by atoms with van der Waals surface area (Å²) in [5.74, 6) is -1.48. The Bertz CT molecular complexity index is 1070. The lowest BCUT2D eigenvalue weighted by atomic mass is 9.96. The molecule has 1 aliphatic heterocycles. The van der Waals surface area contributed by atoms with E-state index in [4.69, 9.17) is 4.74 Å². The lowest BCUT2D eigenvalue weighted by Gasteiger charge is -2.47. The first-order chi connectivity index (χ1) is 13.3. The summed E-state index contributed by atoms with van der Waals surface area (Å²) in [5, 5.41) is 3.12. The van der Waals surface area contributed by atoms with Gasteiger partial charge in [0.05, 0.1) is 22.4 Å². The van der Waals surface area contributed by atoms with Crippen LogP contribution in [-0.4, -0.2) is 41.7 Å². The number of nitrogens with one attached hydrogen (secondary N) is 2. The molecule has 0 saturated carbocycles. The maximum atomic E-state index is 13.5. The molecule has 3 aromatic rings. The van der Waals surface area contributed by atoms with Gasteiger partial charge in [0.1, 0.15) is 5.82 Å². The van der Waals surface area contributed by atoms with Crippen molar-refractivity contribution in [3.63, 3.8) is 0 Å². The highest BCUT2D eigenvalue weighted by Crippen LogP contribution is 2.31. The van der Waals surface area contributed by atoms with Crippen molar-refractivity contribution in [2.45, 2.75) is 19.4 Å². The average Bonchev–Trinajstić information content (AvgIpc) is 3.01. The molecule has 0 atom stereocenters. The number of hydrogen-bond acceptors (Lipinski definition) is 4. The van der Waals surface area contributed by atoms with Gasteiger partial charge in [0, 0.05) is 44.0 Å². The topological polar surface area (TPSA) is 70.2 Å². The lowest BCUT2D eigenvalue weighted by Crippen LogP contribution is -2.61. The van der Waals surface area contributed by atoms with E-state index in [1.807, 2.05) is 13.8 Å². The van der Waals surface area contributed by atoms with Crippen molar-refractivity contribution in [1.82, 2.24) is 9.97 Å². The Morgan fingerprint density at radius 3 is 2.68 bits per heavy atom. The monoisotopic (exact) mass is 386 g/mol. The number of methoxy groups -OCH3 is 1. The maximum absolute atomic E-state index is 13.5. The van der Waals surface area contributed by atoms with Crippen LogP contribution in [0.4, 0.5) is 20.3 Å². The van der Waals surface area contributed by atoms with Crippen molar-refractivity contribution in [2.75, 3.05) is 30.4 Å². The molecule has 4 rings (SSSR count). The Morgan fingerprint density at radius 2 is 2.00 bits per heavy atom. The molecule has 0 aliphatic carbocycles. The number of carbonyl (C=O) groups is 1. The molecule has 1 saturated heterocycles. The van der Waals surface area contributed by atoms with Crippen molar-refractivity contribution in [3.05, 3.63) is 53.4 Å². The predicted molar refractivity (Wildman–Crippen MR) is 103 cm³/mol. The zero-order valence-electron chi connectivity index (χ0n) is 15.8. The second-order valence-corrected chi connectivity index (χ2v) is 7.34. The van der Waals surface area contributed by atoms with E-state index in [0.29, 0.717) is 22.2 Å². The van der Waals surface area contributed by atoms with Crippen molar-refractivity contribution < 1.29 is 18.3 Å². The molecule has 1 aliphatic rings. The SMILES string of the molecule is COC1(C)CN(c2ncc(C(=O)Nc3c[nH]c4cc(F)c(F)cc34)cc2C)C1. The molecule has 0 spiro atoms. The molecule has 2 N–H and O–H groups in total. The van der Waals surface area contributed by atoms with Crippen LogP contribution in [0.5, 0.6) is 0 Å². The summed E-state index contributed by atoms with van der Waals surface area (Å²) in [5.41, 5.74) is 1.86. The van der Waals surface area contributed by atoms with E-state index in [0.717, 1.165) is 36.6 Å². The molecule has 3 heterocycles. The van der Waals surface area contributed by atoms with Crippen LogP contribution in [0, 0.1) is 18.6 Å². The summed E-state index contributed by atoms with van der Waals surface area (Å²) in [6.45, 7) is 5.41. The number of hydrogen-bond donors (Lipinski definition) is 2. The summed E-state index contributed by atoms with van der Waals surface area (Å²) < 4.78 is 32.3. The second kappa shape index (κ2) is 6.56. The predicted octanol–water partition coefficient (Wildman–Crippen LogP) is 3.63. The summed E-state index contributed by atoms with van der Waals surface area (Å²) in [4.78, 5) is 22.0. The summed E-state index contributed by atoms with van der Waals surface area (Å²) in [6.07, 6.45) is 3.01. The van der Waals surface area contributed by atoms with E-state index in [1.165, 1.54) is 12.4 Å². The Labute approximate surface area is 160 Å². The third-order valence-corrected chi connectivity index (χ3v) is 5.13. The van der Waals surface area contributed by atoms with Crippen molar-refractivity contribution >= 4 is 28.3 Å². The highest BCUT2D eigenvalue weighted by molar-refractivity contribution is 6.09. The normalized spacial score (nSPS) is 15.5. The molecule has 1 fully saturated rings. The largest absolute Gasteiger partial charge is 0.375 e. The van der Waals surface area contributed by atoms with E-state index in [1.54, 1.807) is 13.2 Å². The number of amides is 1. The number of carbonyl (C=O) groups excluding carboxylic acids is 1. The van der Waals surface area contributed by atoms with Crippen LogP contribution in [0.25, 0.3) is 10.9 Å². The van der Waals surface area contributed by atoms with Crippen LogP contribution in [-0.2, 0) is 4.74 Å². The van der Waals surface area contributed by atoms with Crippen molar-refractivity contribution in [1.29, 1.82) is 0 Å². The molecule has 2 aromatic heterocycles. The van der Waals surface area contributed by atoms with E-state index >= 15 is 0 Å². The molecule has 0 radical (unpaired) electrons. The molecule has 1 aromatic carbocycles. The number of pyridine rings is 1. The van der Waals surface area contributed by atoms with Gasteiger partial charge in [0.25, 0.3) is 5.91 Å². The Morgan fingerprint density at radius 1 is 1.29 bits per heavy atom. The van der Waals surface area contributed by atoms with Gasteiger partial charge in [-0.15, -0.1) is 0 Å². The zero-order valence-corrected chi connectivity index (χ0v) is 15.8. The van der Waals surface area contributed by atoms with Crippen LogP contribution in [0.2, 0.25) is 0 Å². The van der Waals surface area contributed by atoms with Crippen LogP contribution in [0.1, 0.15) is 22.8 Å². The van der Waals surface area contributed by atoms with Gasteiger partial charge in [-0.2, -0.15) is 0 Å². The number of aryl methyl sites for hydroxylation is 1. The number of halogens is 2. The molecular weight excluding hydrogens is 366 g/mol. The first-order valence-corrected chi connectivity index (χ1v) is 8.84. The highest BCUT2D eigenvalue weighted by atomic mass is 19.2. The number of nitrogens with zero attached hydrogens (tertiary/aromatic N) is 2. The van der Waals surface area contributed by atoms with Gasteiger partial charge in [0.15, 0.2) is 11.6 Å². The summed E-state index contributed by atoms with van der Waals surface area (Å²) in [7, 11) is 1.69. The van der Waals surface area contributed by atoms with Gasteiger partial charge >= 0.3 is 0 Å². The van der Waals surface area contributed by atoms with Gasteiger partial charge in [-0.1, -0.05) is 0 Å². The van der Waals surface area contributed by atoms with Crippen molar-refractivity contribution in [3.8, 4) is 0 Å². The molecular formula is C20H20F2N4O2. The average molecular weight is 386 g/mol. The molecule has 8 heteroatoms. The molecule has 1 amide bonds. The van der Waals surface area contributed by atoms with E-state index in [-0.39, 0.29) is 11.5 Å². The fraction of sp³-hybridized carbons (Fsp3) is 0.300. The van der Waals surface area contributed by atoms with Gasteiger partial charge in [-0.3, -0.25) is 4.79 Å². The minimum absolute atomic E-state index is 0.172. The molecule has 146 valence electrons. The number of benzene rings is 1. The van der Waals surface area contributed by atoms with E-state index < -0.39 is 11.6 Å². The van der Waals surface area contributed by atoms with E-state index in [2.05, 4.69) is 20.2 Å². The summed E-state index contributed by atoms with van der Waals surface area (Å²) >= 11 is 0. The second-order valence-electron chi connectivity index (χ2n) is 7.34. The number of aromatic amines is 1. The Kier molecular flexibility index (Phi) is 4.30. The first-order valence-electron chi connectivity index (χ1n) is 8.84. The smallest absolute Gasteiger partial charge is 0.257 e. The van der Waals surface area contributed by atoms with Crippen molar-refractivity contribution in [2.24, 2.45) is 0 Å². The lowest BCUT2D eigenvalue weighted by molar-refractivity contribution is -0.0172. The quantitative estimate of drug-likeness (QED) is 0.719. The fourth-order valence-electron chi connectivity index (χ4n) is 3.48. The Hall–Kier alpha value is -3.00. The maximum Gasteiger partial charge on any atom is 0.257 e. The Balaban J connectivity index is 1.53. The third kappa shape index (κ3) is 3.09. The van der Waals surface area contributed by atoms with Crippen LogP contribution in [0.15, 0.2) is 30.6 Å². The number of rotatable bonds is 4. The molecule has 28 heavy (non-hydrogen) atoms. The third-order valence-electron chi connectivity index (χ3n) is 5.13. The minimum Gasteiger partial charge on any atom is -0.375 e. The molecule has 0 unspecified atom stereocenters. The summed E-state index contributed by atoms with van der Waals surface area (Å²) in [6, 6.07) is 3.87. The van der Waals surface area contributed by atoms with Crippen LogP contribution in [0.3, 0.4) is 0 Å². The van der Waals surface area contributed by atoms with Crippen LogP contribution < -0.4 is 10.2 Å². The zero-order chi connectivity index (χ0) is 20.1. The van der Waals surface area contributed by atoms with Crippen LogP contribution >= 0.6 is 0 Å². The number of ether oxygens (including phenoxy) is 1. The highest BCUT2D eigenvalue weighted by Gasteiger charge is 2.40. The number of H-pyrrole nitrogens is 1. The van der Waals surface area contributed by atoms with Gasteiger partial charge in [-0.25, -0.2) is 13.8 Å². The number of aromatic nitrogens is 2. The molecule has 0 bridgehead atoms. The fourth-order valence-corrected chi connectivity index (χ4v) is 3.48. The minimum atomic E-state index is -0.970. The first kappa shape index (κ1) is 18.4. The molecule has 6 nitrogen and oxygen atoms in total.